The fourth-order valence-electron chi connectivity index (χ4n) is 3.22. The van der Waals surface area contributed by atoms with Gasteiger partial charge in [-0.25, -0.2) is 4.79 Å². The van der Waals surface area contributed by atoms with Gasteiger partial charge in [0.05, 0.1) is 11.0 Å². The van der Waals surface area contributed by atoms with E-state index in [4.69, 9.17) is 9.47 Å². The smallest absolute Gasteiger partial charge is 0.323 e. The number of rotatable bonds is 6. The van der Waals surface area contributed by atoms with Crippen molar-refractivity contribution < 1.29 is 14.3 Å². The number of nitrogens with zero attached hydrogens (tertiary/aromatic N) is 1. The number of carbonyl (C=O) groups is 1. The van der Waals surface area contributed by atoms with Gasteiger partial charge in [-0.05, 0) is 37.4 Å². The zero-order valence-corrected chi connectivity index (χ0v) is 15.5. The van der Waals surface area contributed by atoms with Gasteiger partial charge in [0, 0.05) is 25.2 Å². The van der Waals surface area contributed by atoms with Gasteiger partial charge in [0.2, 0.25) is 5.91 Å². The van der Waals surface area contributed by atoms with Crippen LogP contribution in [0.15, 0.2) is 47.3 Å². The molecule has 3 aromatic rings. The van der Waals surface area contributed by atoms with Crippen molar-refractivity contribution in [3.05, 3.63) is 52.9 Å². The molecule has 0 bridgehead atoms. The minimum atomic E-state index is -0.267. The predicted molar refractivity (Wildman–Crippen MR) is 106 cm³/mol. The number of amides is 1. The van der Waals surface area contributed by atoms with Gasteiger partial charge < -0.3 is 29.7 Å². The monoisotopic (exact) mass is 382 g/mol. The minimum absolute atomic E-state index is 0.0733. The van der Waals surface area contributed by atoms with E-state index in [1.807, 2.05) is 36.2 Å². The van der Waals surface area contributed by atoms with Crippen molar-refractivity contribution in [3.63, 3.8) is 0 Å². The van der Waals surface area contributed by atoms with Gasteiger partial charge in [-0.1, -0.05) is 12.1 Å². The topological polar surface area (TPSA) is 99.5 Å². The molecule has 2 heterocycles. The highest BCUT2D eigenvalue weighted by molar-refractivity contribution is 5.93. The van der Waals surface area contributed by atoms with Gasteiger partial charge in [-0.15, -0.1) is 0 Å². The summed E-state index contributed by atoms with van der Waals surface area (Å²) in [6.45, 7) is 1.75. The molecule has 0 saturated heterocycles. The number of carbonyl (C=O) groups excluding carboxylic acids is 1. The number of benzene rings is 2. The first kappa shape index (κ1) is 18.1. The molecular weight excluding hydrogens is 360 g/mol. The summed E-state index contributed by atoms with van der Waals surface area (Å²) in [5.41, 5.74) is 1.75. The lowest BCUT2D eigenvalue weighted by atomic mass is 10.2. The maximum absolute atomic E-state index is 12.2. The summed E-state index contributed by atoms with van der Waals surface area (Å²) in [6, 6.07) is 12.9. The second-order valence-corrected chi connectivity index (χ2v) is 6.90. The SMILES string of the molecule is CN(CCC(=O)Nc1ccc2[nH]c(=O)[nH]c2c1)C[C@H]1COc2ccccc2O1. The average molecular weight is 382 g/mol. The molecule has 146 valence electrons. The first-order chi connectivity index (χ1) is 13.6. The summed E-state index contributed by atoms with van der Waals surface area (Å²) < 4.78 is 11.7. The van der Waals surface area contributed by atoms with Gasteiger partial charge in [-0.2, -0.15) is 0 Å². The Morgan fingerprint density at radius 3 is 2.82 bits per heavy atom. The zero-order valence-electron chi connectivity index (χ0n) is 15.5. The zero-order chi connectivity index (χ0) is 19.5. The standard InChI is InChI=1S/C20H22N4O4/c1-24(11-14-12-27-17-4-2-3-5-18(17)28-14)9-8-19(25)21-13-6-7-15-16(10-13)23-20(26)22-15/h2-7,10,14H,8-9,11-12H2,1H3,(H,21,25)(H2,22,23,26)/t14-/m0/s1. The summed E-state index contributed by atoms with van der Waals surface area (Å²) in [6.07, 6.45) is 0.276. The molecule has 0 fully saturated rings. The van der Waals surface area contributed by atoms with Crippen molar-refractivity contribution in [2.45, 2.75) is 12.5 Å². The number of anilines is 1. The van der Waals surface area contributed by atoms with Crippen LogP contribution in [0.3, 0.4) is 0 Å². The molecule has 0 unspecified atom stereocenters. The van der Waals surface area contributed by atoms with Crippen LogP contribution < -0.4 is 20.5 Å². The number of fused-ring (bicyclic) bond motifs is 2. The van der Waals surface area contributed by atoms with Crippen molar-refractivity contribution in [2.24, 2.45) is 0 Å². The van der Waals surface area contributed by atoms with Gasteiger partial charge >= 0.3 is 5.69 Å². The maximum atomic E-state index is 12.2. The number of ether oxygens (including phenoxy) is 2. The van der Waals surface area contributed by atoms with Crippen LogP contribution in [0.4, 0.5) is 5.69 Å². The number of hydrogen-bond donors (Lipinski definition) is 3. The van der Waals surface area contributed by atoms with Crippen LogP contribution in [0.5, 0.6) is 11.5 Å². The second kappa shape index (κ2) is 7.77. The molecule has 1 aliphatic rings. The Kier molecular flexibility index (Phi) is 5.03. The molecule has 4 rings (SSSR count). The molecule has 0 saturated carbocycles. The average Bonchev–Trinajstić information content (AvgIpc) is 3.05. The highest BCUT2D eigenvalue weighted by Gasteiger charge is 2.22. The number of imidazole rings is 1. The number of likely N-dealkylation sites (N-methyl/N-ethyl adjacent to an activating group) is 1. The first-order valence-corrected chi connectivity index (χ1v) is 9.16. The molecule has 0 aliphatic carbocycles. The lowest BCUT2D eigenvalue weighted by molar-refractivity contribution is -0.116. The molecule has 1 atom stereocenters. The number of aromatic nitrogens is 2. The molecule has 1 amide bonds. The highest BCUT2D eigenvalue weighted by Crippen LogP contribution is 2.30. The van der Waals surface area contributed by atoms with Crippen LogP contribution in [-0.2, 0) is 4.79 Å². The number of nitrogens with one attached hydrogen (secondary N) is 3. The molecule has 8 nitrogen and oxygen atoms in total. The maximum Gasteiger partial charge on any atom is 0.323 e. The first-order valence-electron chi connectivity index (χ1n) is 9.16. The number of hydrogen-bond acceptors (Lipinski definition) is 5. The quantitative estimate of drug-likeness (QED) is 0.605. The Morgan fingerprint density at radius 2 is 1.96 bits per heavy atom. The Bertz CT molecular complexity index is 1040. The molecule has 1 aliphatic heterocycles. The third kappa shape index (κ3) is 4.17. The summed E-state index contributed by atoms with van der Waals surface area (Å²) in [5.74, 6) is 1.43. The van der Waals surface area contributed by atoms with E-state index in [9.17, 15) is 9.59 Å². The molecule has 0 spiro atoms. The fraction of sp³-hybridized carbons (Fsp3) is 0.300. The van der Waals surface area contributed by atoms with E-state index >= 15 is 0 Å². The Morgan fingerprint density at radius 1 is 1.18 bits per heavy atom. The summed E-state index contributed by atoms with van der Waals surface area (Å²) in [4.78, 5) is 30.9. The van der Waals surface area contributed by atoms with Crippen LogP contribution in [-0.4, -0.2) is 53.6 Å². The van der Waals surface area contributed by atoms with Crippen LogP contribution in [0.1, 0.15) is 6.42 Å². The van der Waals surface area contributed by atoms with Crippen LogP contribution in [0.25, 0.3) is 11.0 Å². The lowest BCUT2D eigenvalue weighted by Gasteiger charge is -2.29. The molecule has 28 heavy (non-hydrogen) atoms. The Labute approximate surface area is 161 Å². The largest absolute Gasteiger partial charge is 0.486 e. The highest BCUT2D eigenvalue weighted by atomic mass is 16.6. The fourth-order valence-corrected chi connectivity index (χ4v) is 3.22. The minimum Gasteiger partial charge on any atom is -0.486 e. The lowest BCUT2D eigenvalue weighted by Crippen LogP contribution is -2.40. The normalized spacial score (nSPS) is 15.7. The van der Waals surface area contributed by atoms with E-state index in [0.717, 1.165) is 11.5 Å². The van der Waals surface area contributed by atoms with Gasteiger partial charge in [-0.3, -0.25) is 4.79 Å². The van der Waals surface area contributed by atoms with E-state index < -0.39 is 0 Å². The molecule has 0 radical (unpaired) electrons. The Hall–Kier alpha value is -3.26. The van der Waals surface area contributed by atoms with Crippen LogP contribution >= 0.6 is 0 Å². The van der Waals surface area contributed by atoms with Gasteiger partial charge in [0.15, 0.2) is 11.5 Å². The summed E-state index contributed by atoms with van der Waals surface area (Å²) in [7, 11) is 1.95. The number of aromatic amines is 2. The van der Waals surface area contributed by atoms with Crippen LogP contribution in [0.2, 0.25) is 0 Å². The van der Waals surface area contributed by atoms with E-state index in [1.165, 1.54) is 0 Å². The van der Waals surface area contributed by atoms with Crippen molar-refractivity contribution in [1.29, 1.82) is 0 Å². The number of para-hydroxylation sites is 2. The second-order valence-electron chi connectivity index (χ2n) is 6.90. The van der Waals surface area contributed by atoms with E-state index in [2.05, 4.69) is 15.3 Å². The van der Waals surface area contributed by atoms with Crippen molar-refractivity contribution >= 4 is 22.6 Å². The van der Waals surface area contributed by atoms with E-state index in [0.29, 0.717) is 42.8 Å². The summed E-state index contributed by atoms with van der Waals surface area (Å²) >= 11 is 0. The van der Waals surface area contributed by atoms with Crippen molar-refractivity contribution in [1.82, 2.24) is 14.9 Å². The number of H-pyrrole nitrogens is 2. The van der Waals surface area contributed by atoms with E-state index in [1.54, 1.807) is 18.2 Å². The Balaban J connectivity index is 1.25. The molecule has 1 aromatic heterocycles. The van der Waals surface area contributed by atoms with Gasteiger partial charge in [0.25, 0.3) is 0 Å². The van der Waals surface area contributed by atoms with Crippen molar-refractivity contribution in [3.8, 4) is 11.5 Å². The predicted octanol–water partition coefficient (Wildman–Crippen LogP) is 1.96. The molecular formula is C20H22N4O4. The van der Waals surface area contributed by atoms with E-state index in [-0.39, 0.29) is 17.7 Å². The molecule has 2 aromatic carbocycles. The molecule has 3 N–H and O–H groups in total. The summed E-state index contributed by atoms with van der Waals surface area (Å²) in [5, 5.41) is 2.86. The third-order valence-corrected chi connectivity index (χ3v) is 4.60. The van der Waals surface area contributed by atoms with Gasteiger partial charge in [0.1, 0.15) is 12.7 Å². The third-order valence-electron chi connectivity index (χ3n) is 4.60. The van der Waals surface area contributed by atoms with Crippen LogP contribution in [0, 0.1) is 0 Å². The molecule has 8 heteroatoms. The van der Waals surface area contributed by atoms with Crippen molar-refractivity contribution in [2.75, 3.05) is 32.1 Å².